The lowest BCUT2D eigenvalue weighted by atomic mass is 10.0. The largest absolute Gasteiger partial charge is 0.456 e. The van der Waals surface area contributed by atoms with E-state index in [1.807, 2.05) is 24.3 Å². The lowest BCUT2D eigenvalue weighted by Crippen LogP contribution is -1.94. The minimum Gasteiger partial charge on any atom is -0.456 e. The summed E-state index contributed by atoms with van der Waals surface area (Å²) in [5.74, 6) is 0. The van der Waals surface area contributed by atoms with Crippen molar-refractivity contribution in [1.29, 1.82) is 0 Å². The Morgan fingerprint density at radius 3 is 1.15 bits per heavy atom. The summed E-state index contributed by atoms with van der Waals surface area (Å²) < 4.78 is 24.4. The number of benzene rings is 10. The average Bonchev–Trinajstić information content (AvgIpc) is 4.18. The highest BCUT2D eigenvalue weighted by Crippen LogP contribution is 2.45. The van der Waals surface area contributed by atoms with E-state index in [1.165, 1.54) is 0 Å². The predicted molar refractivity (Wildman–Crippen MR) is 268 cm³/mol. The van der Waals surface area contributed by atoms with Gasteiger partial charge in [0.05, 0.1) is 32.8 Å². The van der Waals surface area contributed by atoms with Crippen molar-refractivity contribution in [3.05, 3.63) is 206 Å². The van der Waals surface area contributed by atoms with Crippen molar-refractivity contribution in [3.63, 3.8) is 0 Å². The highest BCUT2D eigenvalue weighted by atomic mass is 16.3. The summed E-state index contributed by atoms with van der Waals surface area (Å²) in [4.78, 5) is 0. The smallest absolute Gasteiger partial charge is 0.145 e. The van der Waals surface area contributed by atoms with Crippen molar-refractivity contribution in [2.75, 3.05) is 0 Å². The highest BCUT2D eigenvalue weighted by molar-refractivity contribution is 6.29. The Hall–Kier alpha value is -8.80. The number of hydrogen-bond donors (Lipinski definition) is 0. The maximum absolute atomic E-state index is 7.27. The fourth-order valence-corrected chi connectivity index (χ4v) is 10.8. The zero-order valence-corrected chi connectivity index (χ0v) is 34.7. The molecule has 0 saturated heterocycles. The van der Waals surface area contributed by atoms with E-state index < -0.39 is 0 Å². The molecule has 0 amide bonds. The Labute approximate surface area is 370 Å². The number of furan rings is 3. The van der Waals surface area contributed by atoms with Gasteiger partial charge in [-0.25, -0.2) is 0 Å². The van der Waals surface area contributed by atoms with Crippen LogP contribution < -0.4 is 0 Å². The summed E-state index contributed by atoms with van der Waals surface area (Å²) >= 11 is 0. The van der Waals surface area contributed by atoms with E-state index in [9.17, 15) is 0 Å². The Bertz CT molecular complexity index is 4210. The molecule has 65 heavy (non-hydrogen) atoms. The van der Waals surface area contributed by atoms with Gasteiger partial charge in [-0.2, -0.15) is 0 Å². The van der Waals surface area contributed by atoms with Crippen LogP contribution in [0.15, 0.2) is 220 Å². The number of rotatable bonds is 4. The monoisotopic (exact) mass is 830 g/mol. The molecule has 0 aliphatic carbocycles. The molecule has 0 saturated carbocycles. The van der Waals surface area contributed by atoms with Gasteiger partial charge in [-0.15, -0.1) is 0 Å². The van der Waals surface area contributed by atoms with E-state index in [4.69, 9.17) is 13.3 Å². The molecule has 0 aliphatic heterocycles. The van der Waals surface area contributed by atoms with Crippen molar-refractivity contribution in [2.45, 2.75) is 0 Å². The maximum Gasteiger partial charge on any atom is 0.145 e. The first kappa shape index (κ1) is 34.7. The second-order valence-electron chi connectivity index (χ2n) is 17.2. The Morgan fingerprint density at radius 2 is 0.662 bits per heavy atom. The molecule has 0 N–H and O–H groups in total. The molecule has 15 rings (SSSR count). The minimum atomic E-state index is 0.896. The fraction of sp³-hybridized carbons (Fsp3) is 0. The molecule has 5 aromatic heterocycles. The fourth-order valence-electron chi connectivity index (χ4n) is 10.8. The molecule has 0 radical (unpaired) electrons. The molecular formula is C60H34N2O3. The lowest BCUT2D eigenvalue weighted by molar-refractivity contribution is 0.668. The molecule has 302 valence electrons. The van der Waals surface area contributed by atoms with Gasteiger partial charge in [0, 0.05) is 54.5 Å². The zero-order chi connectivity index (χ0) is 42.3. The Kier molecular flexibility index (Phi) is 6.89. The van der Waals surface area contributed by atoms with E-state index in [0.29, 0.717) is 0 Å². The Morgan fingerprint density at radius 1 is 0.246 bits per heavy atom. The Balaban J connectivity index is 0.911. The van der Waals surface area contributed by atoms with Gasteiger partial charge >= 0.3 is 0 Å². The second-order valence-corrected chi connectivity index (χ2v) is 17.2. The third-order valence-corrected chi connectivity index (χ3v) is 13.7. The van der Waals surface area contributed by atoms with Gasteiger partial charge in [0.2, 0.25) is 0 Å². The summed E-state index contributed by atoms with van der Waals surface area (Å²) in [5.41, 5.74) is 16.6. The summed E-state index contributed by atoms with van der Waals surface area (Å²) in [6.07, 6.45) is 0. The van der Waals surface area contributed by atoms with E-state index in [1.54, 1.807) is 0 Å². The van der Waals surface area contributed by atoms with E-state index in [0.717, 1.165) is 143 Å². The molecule has 5 heteroatoms. The van der Waals surface area contributed by atoms with Crippen LogP contribution in [-0.2, 0) is 0 Å². The molecule has 5 heterocycles. The van der Waals surface area contributed by atoms with E-state index in [2.05, 4.69) is 191 Å². The van der Waals surface area contributed by atoms with Crippen molar-refractivity contribution in [2.24, 2.45) is 0 Å². The van der Waals surface area contributed by atoms with Crippen molar-refractivity contribution < 1.29 is 13.3 Å². The summed E-state index contributed by atoms with van der Waals surface area (Å²) in [6.45, 7) is 0. The number of para-hydroxylation sites is 4. The van der Waals surface area contributed by atoms with E-state index in [-0.39, 0.29) is 0 Å². The molecule has 0 atom stereocenters. The van der Waals surface area contributed by atoms with Crippen LogP contribution in [0.4, 0.5) is 0 Å². The minimum absolute atomic E-state index is 0.896. The quantitative estimate of drug-likeness (QED) is 0.177. The summed E-state index contributed by atoms with van der Waals surface area (Å²) in [6, 6.07) is 73.6. The second kappa shape index (κ2) is 12.9. The van der Waals surface area contributed by atoms with Gasteiger partial charge < -0.3 is 22.4 Å². The van der Waals surface area contributed by atoms with Crippen LogP contribution in [0.3, 0.4) is 0 Å². The third-order valence-electron chi connectivity index (χ3n) is 13.7. The zero-order valence-electron chi connectivity index (χ0n) is 34.7. The average molecular weight is 831 g/mol. The molecule has 10 aromatic carbocycles. The van der Waals surface area contributed by atoms with Gasteiger partial charge in [-0.05, 0) is 119 Å². The molecule has 5 nitrogen and oxygen atoms in total. The van der Waals surface area contributed by atoms with Crippen molar-refractivity contribution in [3.8, 4) is 33.6 Å². The molecule has 15 aromatic rings. The number of hydrogen-bond acceptors (Lipinski definition) is 3. The highest BCUT2D eigenvalue weighted by Gasteiger charge is 2.23. The van der Waals surface area contributed by atoms with Crippen molar-refractivity contribution >= 4 is 109 Å². The molecule has 0 unspecified atom stereocenters. The summed E-state index contributed by atoms with van der Waals surface area (Å²) in [7, 11) is 0. The van der Waals surface area contributed by atoms with Gasteiger partial charge in [-0.3, -0.25) is 0 Å². The maximum atomic E-state index is 7.27. The molecule has 0 aliphatic rings. The van der Waals surface area contributed by atoms with Gasteiger partial charge in [0.15, 0.2) is 0 Å². The van der Waals surface area contributed by atoms with Crippen LogP contribution in [0.25, 0.3) is 143 Å². The normalized spacial score (nSPS) is 12.3. The van der Waals surface area contributed by atoms with Gasteiger partial charge in [0.25, 0.3) is 0 Å². The van der Waals surface area contributed by atoms with Crippen LogP contribution >= 0.6 is 0 Å². The number of aromatic nitrogens is 2. The van der Waals surface area contributed by atoms with Gasteiger partial charge in [0.1, 0.15) is 33.5 Å². The van der Waals surface area contributed by atoms with Crippen LogP contribution in [-0.4, -0.2) is 9.13 Å². The standard InChI is InChI=1S/C60H34N2O3/c1-5-19-49-45(17-1)57-51(61(49)39-13-9-11-35(31-39)37-23-29-55-47(33-37)41-15-3-7-21-53(41)63-55)27-25-43-44-26-28-52-58(60(44)65-59(43)57)46-18-2-6-20-50(46)62(52)40-14-10-12-36(32-40)38-24-30-56-48(34-38)42-16-4-8-22-54(42)64-56/h1-34H. The first-order valence-electron chi connectivity index (χ1n) is 22.1. The SMILES string of the molecule is c1cc(-c2ccc3oc4ccccc4c3c2)cc(-n2c3ccccc3c3c4oc5c(ccc6c5c5ccccc5n6-c5cccc(-c6ccc7oc8ccccc8c7c6)c5)c4ccc32)c1. The van der Waals surface area contributed by atoms with Crippen LogP contribution in [0.2, 0.25) is 0 Å². The predicted octanol–water partition coefficient (Wildman–Crippen LogP) is 16.9. The topological polar surface area (TPSA) is 49.3 Å². The van der Waals surface area contributed by atoms with Crippen LogP contribution in [0.5, 0.6) is 0 Å². The lowest BCUT2D eigenvalue weighted by Gasteiger charge is -2.10. The molecule has 0 bridgehead atoms. The van der Waals surface area contributed by atoms with Gasteiger partial charge in [-0.1, -0.05) is 109 Å². The number of nitrogens with zero attached hydrogens (tertiary/aromatic N) is 2. The van der Waals surface area contributed by atoms with Crippen molar-refractivity contribution in [1.82, 2.24) is 9.13 Å². The molecule has 0 fully saturated rings. The van der Waals surface area contributed by atoms with Crippen LogP contribution in [0, 0.1) is 0 Å². The molecular weight excluding hydrogens is 797 g/mol. The number of fused-ring (bicyclic) bond motifs is 17. The molecule has 0 spiro atoms. The summed E-state index contributed by atoms with van der Waals surface area (Å²) in [5, 5.41) is 11.2. The van der Waals surface area contributed by atoms with E-state index >= 15 is 0 Å². The third kappa shape index (κ3) is 4.87. The first-order chi connectivity index (χ1) is 32.2. The first-order valence-corrected chi connectivity index (χ1v) is 22.1. The van der Waals surface area contributed by atoms with Crippen LogP contribution in [0.1, 0.15) is 0 Å².